The van der Waals surface area contributed by atoms with Crippen molar-refractivity contribution in [3.63, 3.8) is 0 Å². The molecule has 4 nitrogen and oxygen atoms in total. The highest BCUT2D eigenvalue weighted by Crippen LogP contribution is 2.45. The molecule has 1 N–H and O–H groups in total. The molecule has 110 valence electrons. The number of rotatable bonds is 5. The van der Waals surface area contributed by atoms with E-state index in [0.717, 1.165) is 24.2 Å². The average molecular weight is 311 g/mol. The number of thiazole rings is 1. The second-order valence-corrected chi connectivity index (χ2v) is 5.69. The quantitative estimate of drug-likeness (QED) is 0.907. The van der Waals surface area contributed by atoms with Crippen molar-refractivity contribution < 1.29 is 23.4 Å². The lowest BCUT2D eigenvalue weighted by Gasteiger charge is -2.08. The van der Waals surface area contributed by atoms with Gasteiger partial charge in [0.05, 0.1) is 11.3 Å². The first-order valence-electron chi connectivity index (χ1n) is 6.34. The van der Waals surface area contributed by atoms with Gasteiger partial charge in [-0.3, -0.25) is 0 Å². The summed E-state index contributed by atoms with van der Waals surface area (Å²) in [6.45, 7) is -2.94. The fourth-order valence-corrected chi connectivity index (χ4v) is 3.10. The predicted molar refractivity (Wildman–Crippen MR) is 73.1 cm³/mol. The summed E-state index contributed by atoms with van der Waals surface area (Å²) in [6, 6.07) is 6.26. The van der Waals surface area contributed by atoms with Gasteiger partial charge in [0.15, 0.2) is 0 Å². The van der Waals surface area contributed by atoms with Gasteiger partial charge in [-0.2, -0.15) is 8.78 Å². The van der Waals surface area contributed by atoms with Crippen LogP contribution in [0.5, 0.6) is 5.75 Å². The van der Waals surface area contributed by atoms with E-state index in [9.17, 15) is 18.7 Å². The van der Waals surface area contributed by atoms with Crippen LogP contribution < -0.4 is 4.74 Å². The van der Waals surface area contributed by atoms with Gasteiger partial charge in [0.1, 0.15) is 15.6 Å². The van der Waals surface area contributed by atoms with Crippen molar-refractivity contribution in [2.75, 3.05) is 0 Å². The molecule has 0 radical (unpaired) electrons. The van der Waals surface area contributed by atoms with Crippen molar-refractivity contribution >= 4 is 17.3 Å². The molecule has 0 amide bonds. The van der Waals surface area contributed by atoms with Crippen LogP contribution in [-0.4, -0.2) is 22.7 Å². The highest BCUT2D eigenvalue weighted by molar-refractivity contribution is 7.17. The molecular formula is C14H11F2NO3S. The Labute approximate surface area is 123 Å². The summed E-state index contributed by atoms with van der Waals surface area (Å²) in [4.78, 5) is 15.8. The van der Waals surface area contributed by atoms with Gasteiger partial charge in [-0.05, 0) is 25.0 Å². The number of alkyl halides is 2. The van der Waals surface area contributed by atoms with Crippen LogP contribution in [0, 0.1) is 0 Å². The second kappa shape index (κ2) is 5.40. The predicted octanol–water partition coefficient (Wildman–Crippen LogP) is 3.99. The number of aromatic nitrogens is 1. The lowest BCUT2D eigenvalue weighted by molar-refractivity contribution is -0.0494. The Balaban J connectivity index is 2.04. The van der Waals surface area contributed by atoms with Crippen LogP contribution in [0.3, 0.4) is 0 Å². The van der Waals surface area contributed by atoms with Gasteiger partial charge in [-0.15, -0.1) is 11.3 Å². The number of hydrogen-bond donors (Lipinski definition) is 1. The molecule has 3 rings (SSSR count). The first kappa shape index (κ1) is 13.9. The summed E-state index contributed by atoms with van der Waals surface area (Å²) in [5, 5.41) is 9.63. The molecule has 0 saturated heterocycles. The van der Waals surface area contributed by atoms with Crippen LogP contribution >= 0.6 is 11.3 Å². The van der Waals surface area contributed by atoms with E-state index in [1.165, 1.54) is 6.07 Å². The summed E-state index contributed by atoms with van der Waals surface area (Å²) in [5.74, 6) is -0.863. The summed E-state index contributed by atoms with van der Waals surface area (Å²) in [6.07, 6.45) is 1.83. The van der Waals surface area contributed by atoms with E-state index in [0.29, 0.717) is 16.3 Å². The van der Waals surface area contributed by atoms with Gasteiger partial charge in [-0.25, -0.2) is 9.78 Å². The van der Waals surface area contributed by atoms with Crippen LogP contribution in [0.25, 0.3) is 10.6 Å². The summed E-state index contributed by atoms with van der Waals surface area (Å²) in [7, 11) is 0. The molecule has 2 aromatic rings. The lowest BCUT2D eigenvalue weighted by atomic mass is 10.2. The molecule has 21 heavy (non-hydrogen) atoms. The van der Waals surface area contributed by atoms with Crippen LogP contribution in [0.1, 0.15) is 34.1 Å². The largest absolute Gasteiger partial charge is 0.477 e. The van der Waals surface area contributed by atoms with Gasteiger partial charge in [-0.1, -0.05) is 12.1 Å². The first-order valence-corrected chi connectivity index (χ1v) is 7.16. The minimum atomic E-state index is -2.94. The number of nitrogens with zero attached hydrogens (tertiary/aromatic N) is 1. The van der Waals surface area contributed by atoms with Crippen LogP contribution in [0.15, 0.2) is 24.3 Å². The van der Waals surface area contributed by atoms with E-state index in [4.69, 9.17) is 0 Å². The molecule has 0 atom stereocenters. The molecule has 1 aliphatic rings. The normalized spacial score (nSPS) is 14.4. The van der Waals surface area contributed by atoms with Gasteiger partial charge in [0.25, 0.3) is 0 Å². The Morgan fingerprint density at radius 2 is 2.10 bits per heavy atom. The Bertz CT molecular complexity index is 683. The number of para-hydroxylation sites is 1. The van der Waals surface area contributed by atoms with E-state index in [-0.39, 0.29) is 16.5 Å². The van der Waals surface area contributed by atoms with Crippen molar-refractivity contribution in [1.82, 2.24) is 4.98 Å². The molecular weight excluding hydrogens is 300 g/mol. The Kier molecular flexibility index (Phi) is 3.59. The summed E-state index contributed by atoms with van der Waals surface area (Å²) < 4.78 is 29.3. The number of carboxylic acids is 1. The fourth-order valence-electron chi connectivity index (χ4n) is 2.08. The van der Waals surface area contributed by atoms with Crippen LogP contribution in [-0.2, 0) is 0 Å². The molecule has 1 aromatic heterocycles. The number of benzene rings is 1. The molecule has 0 spiro atoms. The van der Waals surface area contributed by atoms with Crippen molar-refractivity contribution in [1.29, 1.82) is 0 Å². The summed E-state index contributed by atoms with van der Waals surface area (Å²) in [5.41, 5.74) is 0.937. The standard InChI is InChI=1S/C14H11F2NO3S/c15-14(16)20-9-4-2-1-3-8(9)12-17-10(7-5-6-7)11(21-12)13(18)19/h1-4,7,14H,5-6H2,(H,18,19). The number of hydrogen-bond acceptors (Lipinski definition) is 4. The molecule has 0 unspecified atom stereocenters. The number of halogens is 2. The van der Waals surface area contributed by atoms with Crippen molar-refractivity contribution in [3.05, 3.63) is 34.8 Å². The third-order valence-corrected chi connectivity index (χ3v) is 4.24. The van der Waals surface area contributed by atoms with Crippen LogP contribution in [0.2, 0.25) is 0 Å². The molecule has 1 saturated carbocycles. The Morgan fingerprint density at radius 1 is 1.38 bits per heavy atom. The molecule has 1 aliphatic carbocycles. The third kappa shape index (κ3) is 2.87. The molecule has 1 fully saturated rings. The molecule has 1 aromatic carbocycles. The average Bonchev–Trinajstić information content (AvgIpc) is 3.17. The minimum absolute atomic E-state index is 0.000496. The van der Waals surface area contributed by atoms with Gasteiger partial charge >= 0.3 is 12.6 Å². The zero-order chi connectivity index (χ0) is 15.0. The van der Waals surface area contributed by atoms with E-state index in [2.05, 4.69) is 9.72 Å². The zero-order valence-corrected chi connectivity index (χ0v) is 11.6. The third-order valence-electron chi connectivity index (χ3n) is 3.15. The van der Waals surface area contributed by atoms with E-state index in [1.807, 2.05) is 0 Å². The second-order valence-electron chi connectivity index (χ2n) is 4.69. The van der Waals surface area contributed by atoms with Gasteiger partial charge < -0.3 is 9.84 Å². The van der Waals surface area contributed by atoms with E-state index < -0.39 is 12.6 Å². The maximum absolute atomic E-state index is 12.4. The Hall–Kier alpha value is -2.02. The molecule has 0 bridgehead atoms. The number of carbonyl (C=O) groups is 1. The number of ether oxygens (including phenoxy) is 1. The maximum atomic E-state index is 12.4. The minimum Gasteiger partial charge on any atom is -0.477 e. The van der Waals surface area contributed by atoms with Gasteiger partial charge in [0, 0.05) is 5.92 Å². The molecule has 1 heterocycles. The monoisotopic (exact) mass is 311 g/mol. The van der Waals surface area contributed by atoms with E-state index in [1.54, 1.807) is 18.2 Å². The smallest absolute Gasteiger partial charge is 0.387 e. The number of aromatic carboxylic acids is 1. The first-order chi connectivity index (χ1) is 10.1. The summed E-state index contributed by atoms with van der Waals surface area (Å²) >= 11 is 0.995. The van der Waals surface area contributed by atoms with Crippen molar-refractivity contribution in [3.8, 4) is 16.3 Å². The van der Waals surface area contributed by atoms with Gasteiger partial charge in [0.2, 0.25) is 0 Å². The maximum Gasteiger partial charge on any atom is 0.387 e. The highest BCUT2D eigenvalue weighted by atomic mass is 32.1. The molecule has 7 heteroatoms. The van der Waals surface area contributed by atoms with Crippen LogP contribution in [0.4, 0.5) is 8.78 Å². The SMILES string of the molecule is O=C(O)c1sc(-c2ccccc2OC(F)F)nc1C1CC1. The number of carboxylic acid groups (broad SMARTS) is 1. The zero-order valence-electron chi connectivity index (χ0n) is 10.8. The molecule has 0 aliphatic heterocycles. The van der Waals surface area contributed by atoms with Crippen molar-refractivity contribution in [2.24, 2.45) is 0 Å². The van der Waals surface area contributed by atoms with Crippen molar-refractivity contribution in [2.45, 2.75) is 25.4 Å². The Morgan fingerprint density at radius 3 is 2.71 bits per heavy atom. The topological polar surface area (TPSA) is 59.4 Å². The highest BCUT2D eigenvalue weighted by Gasteiger charge is 2.32. The lowest BCUT2D eigenvalue weighted by Crippen LogP contribution is -2.02. The fraction of sp³-hybridized carbons (Fsp3) is 0.286. The van der Waals surface area contributed by atoms with E-state index >= 15 is 0 Å².